The van der Waals surface area contributed by atoms with Gasteiger partial charge in [0.25, 0.3) is 0 Å². The Morgan fingerprint density at radius 2 is 1.87 bits per heavy atom. The zero-order valence-electron chi connectivity index (χ0n) is 8.24. The van der Waals surface area contributed by atoms with Crippen molar-refractivity contribution in [3.05, 3.63) is 40.0 Å². The molecule has 0 radical (unpaired) electrons. The molecule has 0 aliphatic carbocycles. The molecule has 0 aliphatic heterocycles. The number of pyridine rings is 1. The third-order valence-electron chi connectivity index (χ3n) is 2.42. The van der Waals surface area contributed by atoms with E-state index in [1.807, 2.05) is 0 Å². The maximum absolute atomic E-state index is 13.4. The second-order valence-corrected chi connectivity index (χ2v) is 3.80. The molecule has 0 bridgehead atoms. The predicted octanol–water partition coefficient (Wildman–Crippen LogP) is 3.78. The molecule has 1 aromatic carbocycles. The van der Waals surface area contributed by atoms with E-state index in [1.54, 1.807) is 13.8 Å². The van der Waals surface area contributed by atoms with Crippen molar-refractivity contribution in [3.8, 4) is 0 Å². The number of hydrogen-bond donors (Lipinski definition) is 0. The molecule has 1 heterocycles. The molecule has 0 spiro atoms. The molecule has 4 heteroatoms. The van der Waals surface area contributed by atoms with Crippen LogP contribution >= 0.6 is 11.6 Å². The summed E-state index contributed by atoms with van der Waals surface area (Å²) in [5, 5.41) is 0.674. The molecule has 1 aromatic heterocycles. The average molecular weight is 228 g/mol. The summed E-state index contributed by atoms with van der Waals surface area (Å²) in [6.45, 7) is 3.51. The third kappa shape index (κ3) is 1.57. The van der Waals surface area contributed by atoms with Crippen molar-refractivity contribution >= 4 is 22.5 Å². The van der Waals surface area contributed by atoms with Crippen molar-refractivity contribution in [1.82, 2.24) is 4.98 Å². The van der Waals surface area contributed by atoms with Gasteiger partial charge < -0.3 is 0 Å². The van der Waals surface area contributed by atoms with Crippen LogP contribution in [0.1, 0.15) is 11.3 Å². The lowest BCUT2D eigenvalue weighted by Crippen LogP contribution is -1.94. The van der Waals surface area contributed by atoms with Crippen molar-refractivity contribution < 1.29 is 8.78 Å². The van der Waals surface area contributed by atoms with Crippen molar-refractivity contribution in [2.24, 2.45) is 0 Å². The molecule has 0 fully saturated rings. The SMILES string of the molecule is Cc1nc2c(F)cc(F)cc2c(Cl)c1C. The average Bonchev–Trinajstić information content (AvgIpc) is 2.17. The Morgan fingerprint density at radius 1 is 1.20 bits per heavy atom. The van der Waals surface area contributed by atoms with Gasteiger partial charge in [-0.1, -0.05) is 11.6 Å². The van der Waals surface area contributed by atoms with Crippen molar-refractivity contribution in [2.45, 2.75) is 13.8 Å². The number of aryl methyl sites for hydroxylation is 1. The minimum atomic E-state index is -0.685. The minimum Gasteiger partial charge on any atom is -0.250 e. The Hall–Kier alpha value is -1.22. The molecule has 1 nitrogen and oxygen atoms in total. The Morgan fingerprint density at radius 3 is 2.53 bits per heavy atom. The van der Waals surface area contributed by atoms with Crippen molar-refractivity contribution in [3.63, 3.8) is 0 Å². The molecule has 0 unspecified atom stereocenters. The highest BCUT2D eigenvalue weighted by Crippen LogP contribution is 2.29. The van der Waals surface area contributed by atoms with Crippen molar-refractivity contribution in [2.75, 3.05) is 0 Å². The van der Waals surface area contributed by atoms with E-state index in [9.17, 15) is 8.78 Å². The van der Waals surface area contributed by atoms with Crippen LogP contribution in [0, 0.1) is 25.5 Å². The summed E-state index contributed by atoms with van der Waals surface area (Å²) in [6, 6.07) is 2.00. The maximum atomic E-state index is 13.4. The van der Waals surface area contributed by atoms with Gasteiger partial charge in [-0.25, -0.2) is 13.8 Å². The zero-order chi connectivity index (χ0) is 11.2. The molecule has 78 valence electrons. The molecule has 15 heavy (non-hydrogen) atoms. The largest absolute Gasteiger partial charge is 0.250 e. The third-order valence-corrected chi connectivity index (χ3v) is 2.90. The lowest BCUT2D eigenvalue weighted by molar-refractivity contribution is 0.590. The quantitative estimate of drug-likeness (QED) is 0.667. The summed E-state index contributed by atoms with van der Waals surface area (Å²) in [5.74, 6) is -1.33. The first-order valence-electron chi connectivity index (χ1n) is 4.42. The summed E-state index contributed by atoms with van der Waals surface area (Å²) in [7, 11) is 0. The van der Waals surface area contributed by atoms with Crippen LogP contribution in [0.25, 0.3) is 10.9 Å². The van der Waals surface area contributed by atoms with E-state index in [0.29, 0.717) is 16.1 Å². The molecule has 0 atom stereocenters. The molecule has 0 aliphatic rings. The monoisotopic (exact) mass is 227 g/mol. The fraction of sp³-hybridized carbons (Fsp3) is 0.182. The van der Waals surface area contributed by atoms with Gasteiger partial charge in [0.2, 0.25) is 0 Å². The Bertz CT molecular complexity index is 552. The minimum absolute atomic E-state index is 0.115. The van der Waals surface area contributed by atoms with E-state index >= 15 is 0 Å². The summed E-state index contributed by atoms with van der Waals surface area (Å²) < 4.78 is 26.4. The Balaban J connectivity index is 2.98. The van der Waals surface area contributed by atoms with Gasteiger partial charge >= 0.3 is 0 Å². The molecule has 2 rings (SSSR count). The van der Waals surface area contributed by atoms with Crippen molar-refractivity contribution in [1.29, 1.82) is 0 Å². The molecular weight excluding hydrogens is 220 g/mol. The molecule has 2 aromatic rings. The fourth-order valence-electron chi connectivity index (χ4n) is 1.46. The van der Waals surface area contributed by atoms with E-state index in [4.69, 9.17) is 11.6 Å². The molecule has 0 saturated heterocycles. The maximum Gasteiger partial charge on any atom is 0.152 e. The Kier molecular flexibility index (Phi) is 2.35. The molecule has 0 saturated carbocycles. The van der Waals surface area contributed by atoms with Crippen LogP contribution in [0.5, 0.6) is 0 Å². The second-order valence-electron chi connectivity index (χ2n) is 3.42. The summed E-state index contributed by atoms with van der Waals surface area (Å²) in [4.78, 5) is 4.05. The van der Waals surface area contributed by atoms with E-state index in [0.717, 1.165) is 11.6 Å². The first-order valence-corrected chi connectivity index (χ1v) is 4.80. The molecule has 0 N–H and O–H groups in total. The summed E-state index contributed by atoms with van der Waals surface area (Å²) in [5.41, 5.74) is 1.51. The van der Waals surface area contributed by atoms with Crippen LogP contribution in [0.15, 0.2) is 12.1 Å². The summed E-state index contributed by atoms with van der Waals surface area (Å²) in [6.07, 6.45) is 0. The topological polar surface area (TPSA) is 12.9 Å². The van der Waals surface area contributed by atoms with Gasteiger partial charge in [0.1, 0.15) is 11.3 Å². The van der Waals surface area contributed by atoms with Gasteiger partial charge in [-0.15, -0.1) is 0 Å². The lowest BCUT2D eigenvalue weighted by atomic mass is 10.1. The second kappa shape index (κ2) is 3.42. The lowest BCUT2D eigenvalue weighted by Gasteiger charge is -2.07. The van der Waals surface area contributed by atoms with Gasteiger partial charge in [-0.3, -0.25) is 0 Å². The standard InChI is InChI=1S/C11H8ClF2N/c1-5-6(2)15-11-8(10(5)12)3-7(13)4-9(11)14/h3-4H,1-2H3. The van der Waals surface area contributed by atoms with Crippen LogP contribution in [0.3, 0.4) is 0 Å². The highest BCUT2D eigenvalue weighted by molar-refractivity contribution is 6.36. The van der Waals surface area contributed by atoms with Gasteiger partial charge in [0.15, 0.2) is 5.82 Å². The van der Waals surface area contributed by atoms with E-state index in [2.05, 4.69) is 4.98 Å². The number of aromatic nitrogens is 1. The van der Waals surface area contributed by atoms with Crippen LogP contribution in [-0.2, 0) is 0 Å². The van der Waals surface area contributed by atoms with Gasteiger partial charge in [-0.05, 0) is 25.5 Å². The van der Waals surface area contributed by atoms with Crippen LogP contribution < -0.4 is 0 Å². The number of rotatable bonds is 0. The smallest absolute Gasteiger partial charge is 0.152 e. The van der Waals surface area contributed by atoms with E-state index in [-0.39, 0.29) is 5.52 Å². The van der Waals surface area contributed by atoms with Crippen LogP contribution in [0.4, 0.5) is 8.78 Å². The normalized spacial score (nSPS) is 11.0. The van der Waals surface area contributed by atoms with Gasteiger partial charge in [0.05, 0.1) is 5.02 Å². The number of nitrogens with zero attached hydrogens (tertiary/aromatic N) is 1. The fourth-order valence-corrected chi connectivity index (χ4v) is 1.74. The van der Waals surface area contributed by atoms with E-state index in [1.165, 1.54) is 6.07 Å². The first kappa shape index (κ1) is 10.3. The number of benzene rings is 1. The van der Waals surface area contributed by atoms with E-state index < -0.39 is 11.6 Å². The zero-order valence-corrected chi connectivity index (χ0v) is 8.99. The predicted molar refractivity (Wildman–Crippen MR) is 56.1 cm³/mol. The number of hydrogen-bond acceptors (Lipinski definition) is 1. The molecule has 0 amide bonds. The Labute approximate surface area is 90.7 Å². The number of fused-ring (bicyclic) bond motifs is 1. The summed E-state index contributed by atoms with van der Waals surface area (Å²) >= 11 is 6.00. The molecular formula is C11H8ClF2N. The van der Waals surface area contributed by atoms with Gasteiger partial charge in [-0.2, -0.15) is 0 Å². The van der Waals surface area contributed by atoms with Gasteiger partial charge in [0, 0.05) is 17.1 Å². The van der Waals surface area contributed by atoms with Crippen LogP contribution in [-0.4, -0.2) is 4.98 Å². The highest BCUT2D eigenvalue weighted by Gasteiger charge is 2.12. The first-order chi connectivity index (χ1) is 7.00. The number of halogens is 3. The van der Waals surface area contributed by atoms with Crippen LogP contribution in [0.2, 0.25) is 5.02 Å². The highest BCUT2D eigenvalue weighted by atomic mass is 35.5.